The Labute approximate surface area is 95.6 Å². The van der Waals surface area contributed by atoms with Gasteiger partial charge in [-0.3, -0.25) is 11.3 Å². The van der Waals surface area contributed by atoms with E-state index < -0.39 is 0 Å². The number of hydrogen-bond donors (Lipinski definition) is 2. The molecule has 0 aliphatic rings. The Morgan fingerprint density at radius 2 is 2.40 bits per heavy atom. The molecule has 1 heterocycles. The van der Waals surface area contributed by atoms with Crippen LogP contribution in [-0.4, -0.2) is 19.3 Å². The maximum absolute atomic E-state index is 5.51. The van der Waals surface area contributed by atoms with Crippen LogP contribution in [0.4, 0.5) is 0 Å². The maximum atomic E-state index is 5.51. The quantitative estimate of drug-likeness (QED) is 0.554. The number of rotatable bonds is 7. The molecule has 0 bridgehead atoms. The second kappa shape index (κ2) is 6.95. The van der Waals surface area contributed by atoms with E-state index in [1.807, 2.05) is 0 Å². The van der Waals surface area contributed by atoms with E-state index in [0.717, 1.165) is 19.3 Å². The summed E-state index contributed by atoms with van der Waals surface area (Å²) in [6.07, 6.45) is 3.35. The van der Waals surface area contributed by atoms with Crippen molar-refractivity contribution in [2.45, 2.75) is 38.3 Å². The van der Waals surface area contributed by atoms with E-state index >= 15 is 0 Å². The maximum Gasteiger partial charge on any atom is 0.0558 e. The van der Waals surface area contributed by atoms with E-state index in [9.17, 15) is 0 Å². The molecule has 86 valence electrons. The van der Waals surface area contributed by atoms with Crippen molar-refractivity contribution >= 4 is 11.3 Å². The molecule has 0 saturated heterocycles. The molecule has 0 saturated carbocycles. The Balaban J connectivity index is 2.27. The van der Waals surface area contributed by atoms with Gasteiger partial charge in [0.2, 0.25) is 0 Å². The van der Waals surface area contributed by atoms with Crippen LogP contribution >= 0.6 is 11.3 Å². The van der Waals surface area contributed by atoms with Gasteiger partial charge in [0.05, 0.1) is 6.10 Å². The van der Waals surface area contributed by atoms with Crippen molar-refractivity contribution in [2.75, 3.05) is 7.11 Å². The van der Waals surface area contributed by atoms with Crippen LogP contribution in [0, 0.1) is 0 Å². The van der Waals surface area contributed by atoms with E-state index in [1.165, 1.54) is 5.56 Å². The van der Waals surface area contributed by atoms with Gasteiger partial charge in [0.15, 0.2) is 0 Å². The Kier molecular flexibility index (Phi) is 5.86. The third kappa shape index (κ3) is 4.75. The summed E-state index contributed by atoms with van der Waals surface area (Å²) in [6.45, 7) is 2.06. The molecule has 0 aliphatic heterocycles. The zero-order chi connectivity index (χ0) is 11.1. The minimum atomic E-state index is 0.258. The van der Waals surface area contributed by atoms with E-state index in [4.69, 9.17) is 10.6 Å². The predicted octanol–water partition coefficient (Wildman–Crippen LogP) is 1.94. The van der Waals surface area contributed by atoms with Gasteiger partial charge in [-0.1, -0.05) is 0 Å². The van der Waals surface area contributed by atoms with E-state index in [0.29, 0.717) is 6.04 Å². The fourth-order valence-corrected chi connectivity index (χ4v) is 2.25. The van der Waals surface area contributed by atoms with Crippen LogP contribution in [0.3, 0.4) is 0 Å². The van der Waals surface area contributed by atoms with Gasteiger partial charge < -0.3 is 4.74 Å². The van der Waals surface area contributed by atoms with Crippen molar-refractivity contribution in [3.05, 3.63) is 22.4 Å². The summed E-state index contributed by atoms with van der Waals surface area (Å²) in [4.78, 5) is 0. The van der Waals surface area contributed by atoms with E-state index in [1.54, 1.807) is 18.4 Å². The van der Waals surface area contributed by atoms with Crippen molar-refractivity contribution in [1.29, 1.82) is 0 Å². The number of hydrogen-bond acceptors (Lipinski definition) is 4. The molecule has 1 aromatic rings. The zero-order valence-corrected chi connectivity index (χ0v) is 10.2. The smallest absolute Gasteiger partial charge is 0.0558 e. The molecular weight excluding hydrogens is 208 g/mol. The van der Waals surface area contributed by atoms with Gasteiger partial charge in [-0.15, -0.1) is 0 Å². The van der Waals surface area contributed by atoms with Gasteiger partial charge in [0.1, 0.15) is 0 Å². The summed E-state index contributed by atoms with van der Waals surface area (Å²) >= 11 is 1.74. The minimum Gasteiger partial charge on any atom is -0.382 e. The van der Waals surface area contributed by atoms with Crippen molar-refractivity contribution in [2.24, 2.45) is 5.84 Å². The van der Waals surface area contributed by atoms with Gasteiger partial charge in [-0.05, 0) is 48.6 Å². The number of thiophene rings is 1. The highest BCUT2D eigenvalue weighted by Crippen LogP contribution is 2.12. The number of aryl methyl sites for hydroxylation is 1. The first-order valence-corrected chi connectivity index (χ1v) is 6.20. The highest BCUT2D eigenvalue weighted by Gasteiger charge is 2.11. The molecule has 3 N–H and O–H groups in total. The first-order chi connectivity index (χ1) is 7.26. The molecule has 0 fully saturated rings. The van der Waals surface area contributed by atoms with Gasteiger partial charge in [-0.25, -0.2) is 0 Å². The Bertz CT molecular complexity index is 251. The summed E-state index contributed by atoms with van der Waals surface area (Å²) in [5.41, 5.74) is 4.25. The first kappa shape index (κ1) is 12.6. The molecule has 0 amide bonds. The fourth-order valence-electron chi connectivity index (χ4n) is 1.54. The van der Waals surface area contributed by atoms with Crippen LogP contribution in [0.25, 0.3) is 0 Å². The summed E-state index contributed by atoms with van der Waals surface area (Å²) in [7, 11) is 1.73. The van der Waals surface area contributed by atoms with Crippen molar-refractivity contribution in [3.63, 3.8) is 0 Å². The Morgan fingerprint density at radius 3 is 2.93 bits per heavy atom. The molecule has 3 nitrogen and oxygen atoms in total. The highest BCUT2D eigenvalue weighted by atomic mass is 32.1. The zero-order valence-electron chi connectivity index (χ0n) is 9.40. The molecule has 0 aliphatic carbocycles. The molecule has 2 unspecified atom stereocenters. The van der Waals surface area contributed by atoms with Crippen molar-refractivity contribution < 1.29 is 4.74 Å². The molecule has 1 rings (SSSR count). The van der Waals surface area contributed by atoms with Crippen LogP contribution in [0.1, 0.15) is 25.3 Å². The molecule has 4 heteroatoms. The lowest BCUT2D eigenvalue weighted by Crippen LogP contribution is -2.37. The van der Waals surface area contributed by atoms with Gasteiger partial charge in [0, 0.05) is 13.2 Å². The third-order valence-electron chi connectivity index (χ3n) is 2.62. The standard InChI is InChI=1S/C11H20N2OS/c1-9(14-2)7-11(13-12)4-3-10-5-6-15-8-10/h5-6,8-9,11,13H,3-4,7,12H2,1-2H3. The topological polar surface area (TPSA) is 47.3 Å². The number of methoxy groups -OCH3 is 1. The molecule has 1 aromatic heterocycles. The average Bonchev–Trinajstić information content (AvgIpc) is 2.76. The lowest BCUT2D eigenvalue weighted by Gasteiger charge is -2.19. The second-order valence-corrected chi connectivity index (χ2v) is 4.60. The first-order valence-electron chi connectivity index (χ1n) is 5.26. The summed E-state index contributed by atoms with van der Waals surface area (Å²) in [5, 5.41) is 4.30. The third-order valence-corrected chi connectivity index (χ3v) is 3.35. The molecule has 2 atom stereocenters. The van der Waals surface area contributed by atoms with Crippen molar-refractivity contribution in [3.8, 4) is 0 Å². The molecular formula is C11H20N2OS. The van der Waals surface area contributed by atoms with Gasteiger partial charge in [-0.2, -0.15) is 11.3 Å². The van der Waals surface area contributed by atoms with Gasteiger partial charge in [0.25, 0.3) is 0 Å². The summed E-state index contributed by atoms with van der Waals surface area (Å²) in [6, 6.07) is 2.50. The number of hydrazine groups is 1. The minimum absolute atomic E-state index is 0.258. The lowest BCUT2D eigenvalue weighted by atomic mass is 10.0. The van der Waals surface area contributed by atoms with Crippen molar-refractivity contribution in [1.82, 2.24) is 5.43 Å². The molecule has 0 radical (unpaired) electrons. The predicted molar refractivity (Wildman–Crippen MR) is 64.8 cm³/mol. The monoisotopic (exact) mass is 228 g/mol. The van der Waals surface area contributed by atoms with Crippen LogP contribution in [0.2, 0.25) is 0 Å². The number of ether oxygens (including phenoxy) is 1. The Morgan fingerprint density at radius 1 is 1.60 bits per heavy atom. The number of nitrogens with one attached hydrogen (secondary N) is 1. The SMILES string of the molecule is COC(C)CC(CCc1ccsc1)NN. The van der Waals surface area contributed by atoms with Gasteiger partial charge >= 0.3 is 0 Å². The second-order valence-electron chi connectivity index (χ2n) is 3.82. The highest BCUT2D eigenvalue weighted by molar-refractivity contribution is 7.07. The van der Waals surface area contributed by atoms with E-state index in [2.05, 4.69) is 29.2 Å². The van der Waals surface area contributed by atoms with Crippen LogP contribution in [-0.2, 0) is 11.2 Å². The summed E-state index contributed by atoms with van der Waals surface area (Å²) in [5.74, 6) is 5.51. The average molecular weight is 228 g/mol. The van der Waals surface area contributed by atoms with Crippen LogP contribution < -0.4 is 11.3 Å². The molecule has 15 heavy (non-hydrogen) atoms. The normalized spacial score (nSPS) is 15.1. The largest absolute Gasteiger partial charge is 0.382 e. The summed E-state index contributed by atoms with van der Waals surface area (Å²) < 4.78 is 5.23. The number of nitrogens with two attached hydrogens (primary N) is 1. The lowest BCUT2D eigenvalue weighted by molar-refractivity contribution is 0.0993. The van der Waals surface area contributed by atoms with Crippen LogP contribution in [0.15, 0.2) is 16.8 Å². The van der Waals surface area contributed by atoms with E-state index in [-0.39, 0.29) is 6.10 Å². The molecule has 0 aromatic carbocycles. The molecule has 0 spiro atoms. The Hall–Kier alpha value is -0.420. The van der Waals surface area contributed by atoms with Crippen LogP contribution in [0.5, 0.6) is 0 Å². The fraction of sp³-hybridized carbons (Fsp3) is 0.636.